The molecule has 9 heteroatoms. The minimum Gasteiger partial charge on any atom is -0.479 e. The standard InChI is InChI=1S/C11H16F4N2O3/c1-2-10(8(18)19)4-3-5-17(10)9(20)16-6-11(14,15)7(12)13/h7H,2-6H2,1H3,(H,16,20)(H,18,19). The van der Waals surface area contributed by atoms with Crippen LogP contribution in [-0.2, 0) is 4.79 Å². The van der Waals surface area contributed by atoms with Crippen LogP contribution in [-0.4, -0.2) is 53.0 Å². The third-order valence-electron chi connectivity index (χ3n) is 3.51. The normalized spacial score (nSPS) is 23.2. The largest absolute Gasteiger partial charge is 0.479 e. The van der Waals surface area contributed by atoms with Crippen molar-refractivity contribution in [1.29, 1.82) is 0 Å². The Morgan fingerprint density at radius 1 is 1.45 bits per heavy atom. The SMILES string of the molecule is CCC1(C(=O)O)CCCN1C(=O)NCC(F)(F)C(F)F. The second kappa shape index (κ2) is 5.84. The van der Waals surface area contributed by atoms with Gasteiger partial charge >= 0.3 is 24.3 Å². The van der Waals surface area contributed by atoms with Crippen molar-refractivity contribution in [1.82, 2.24) is 10.2 Å². The summed E-state index contributed by atoms with van der Waals surface area (Å²) in [5.74, 6) is -5.57. The maximum Gasteiger partial charge on any atom is 0.329 e. The summed E-state index contributed by atoms with van der Waals surface area (Å²) in [6, 6.07) is -1.06. The predicted molar refractivity (Wildman–Crippen MR) is 60.9 cm³/mol. The van der Waals surface area contributed by atoms with Gasteiger partial charge in [0, 0.05) is 6.54 Å². The summed E-state index contributed by atoms with van der Waals surface area (Å²) in [6.07, 6.45) is -3.16. The van der Waals surface area contributed by atoms with E-state index < -0.39 is 36.4 Å². The highest BCUT2D eigenvalue weighted by atomic mass is 19.3. The van der Waals surface area contributed by atoms with Gasteiger partial charge in [0.1, 0.15) is 5.54 Å². The Morgan fingerprint density at radius 2 is 2.05 bits per heavy atom. The Labute approximate surface area is 112 Å². The van der Waals surface area contributed by atoms with Crippen molar-refractivity contribution in [3.8, 4) is 0 Å². The van der Waals surface area contributed by atoms with E-state index in [1.807, 2.05) is 0 Å². The molecule has 2 N–H and O–H groups in total. The first kappa shape index (κ1) is 16.5. The van der Waals surface area contributed by atoms with Gasteiger partial charge in [0.05, 0.1) is 6.54 Å². The molecule has 1 atom stereocenters. The highest BCUT2D eigenvalue weighted by molar-refractivity contribution is 5.87. The average Bonchev–Trinajstić information content (AvgIpc) is 2.80. The molecule has 1 fully saturated rings. The molecular formula is C11H16F4N2O3. The number of nitrogens with one attached hydrogen (secondary N) is 1. The second-order valence-corrected chi connectivity index (χ2v) is 4.67. The zero-order chi connectivity index (χ0) is 15.6. The first-order valence-electron chi connectivity index (χ1n) is 6.12. The highest BCUT2D eigenvalue weighted by Gasteiger charge is 2.49. The number of hydrogen-bond donors (Lipinski definition) is 2. The number of likely N-dealkylation sites (tertiary alicyclic amines) is 1. The molecule has 1 rings (SSSR count). The van der Waals surface area contributed by atoms with Gasteiger partial charge in [0.15, 0.2) is 0 Å². The van der Waals surface area contributed by atoms with Gasteiger partial charge in [-0.3, -0.25) is 0 Å². The van der Waals surface area contributed by atoms with Gasteiger partial charge in [0.25, 0.3) is 0 Å². The number of rotatable bonds is 5. The fraction of sp³-hybridized carbons (Fsp3) is 0.818. The molecule has 1 saturated heterocycles. The van der Waals surface area contributed by atoms with Crippen molar-refractivity contribution >= 4 is 12.0 Å². The summed E-state index contributed by atoms with van der Waals surface area (Å²) in [4.78, 5) is 24.0. The molecule has 0 radical (unpaired) electrons. The van der Waals surface area contributed by atoms with Crippen LogP contribution in [0.2, 0.25) is 0 Å². The van der Waals surface area contributed by atoms with Gasteiger partial charge in [-0.1, -0.05) is 6.92 Å². The van der Waals surface area contributed by atoms with Gasteiger partial charge in [-0.25, -0.2) is 18.4 Å². The predicted octanol–water partition coefficient (Wildman–Crippen LogP) is 1.93. The minimum atomic E-state index is -4.34. The van der Waals surface area contributed by atoms with Crippen LogP contribution in [0.1, 0.15) is 26.2 Å². The molecular weight excluding hydrogens is 284 g/mol. The van der Waals surface area contributed by atoms with Crippen molar-refractivity contribution in [2.45, 2.75) is 44.1 Å². The number of hydrogen-bond acceptors (Lipinski definition) is 2. The quantitative estimate of drug-likeness (QED) is 0.762. The number of carboxylic acids is 1. The molecule has 0 bridgehead atoms. The summed E-state index contributed by atoms with van der Waals surface area (Å²) in [5, 5.41) is 10.9. The van der Waals surface area contributed by atoms with Crippen molar-refractivity contribution in [3.63, 3.8) is 0 Å². The Hall–Kier alpha value is -1.54. The van der Waals surface area contributed by atoms with E-state index in [4.69, 9.17) is 0 Å². The van der Waals surface area contributed by atoms with Crippen LogP contribution in [0.4, 0.5) is 22.4 Å². The number of aliphatic carboxylic acids is 1. The fourth-order valence-electron chi connectivity index (χ4n) is 2.28. The number of alkyl halides is 4. The second-order valence-electron chi connectivity index (χ2n) is 4.67. The van der Waals surface area contributed by atoms with E-state index in [1.165, 1.54) is 0 Å². The summed E-state index contributed by atoms with van der Waals surface area (Å²) >= 11 is 0. The summed E-state index contributed by atoms with van der Waals surface area (Å²) in [7, 11) is 0. The molecule has 0 saturated carbocycles. The van der Waals surface area contributed by atoms with E-state index in [-0.39, 0.29) is 19.4 Å². The summed E-state index contributed by atoms with van der Waals surface area (Å²) < 4.78 is 49.4. The van der Waals surface area contributed by atoms with E-state index in [2.05, 4.69) is 0 Å². The summed E-state index contributed by atoms with van der Waals surface area (Å²) in [6.45, 7) is 0.124. The van der Waals surface area contributed by atoms with Crippen LogP contribution in [0.25, 0.3) is 0 Å². The average molecular weight is 300 g/mol. The summed E-state index contributed by atoms with van der Waals surface area (Å²) in [5.41, 5.74) is -1.45. The Bertz CT molecular complexity index is 392. The van der Waals surface area contributed by atoms with E-state index in [0.717, 1.165) is 4.90 Å². The lowest BCUT2D eigenvalue weighted by molar-refractivity contribution is -0.148. The number of carboxylic acid groups (broad SMARTS) is 1. The molecule has 0 spiro atoms. The molecule has 0 aromatic rings. The van der Waals surface area contributed by atoms with Crippen LogP contribution in [0.15, 0.2) is 0 Å². The molecule has 1 aliphatic rings. The van der Waals surface area contributed by atoms with Gasteiger partial charge in [-0.2, -0.15) is 8.78 Å². The van der Waals surface area contributed by atoms with Crippen LogP contribution in [0.5, 0.6) is 0 Å². The zero-order valence-corrected chi connectivity index (χ0v) is 10.8. The smallest absolute Gasteiger partial charge is 0.329 e. The first-order valence-corrected chi connectivity index (χ1v) is 6.12. The number of carbonyl (C=O) groups excluding carboxylic acids is 1. The maximum atomic E-state index is 12.7. The molecule has 116 valence electrons. The van der Waals surface area contributed by atoms with Gasteiger partial charge in [-0.05, 0) is 19.3 Å². The van der Waals surface area contributed by atoms with Gasteiger partial charge in [-0.15, -0.1) is 0 Å². The third kappa shape index (κ3) is 2.96. The van der Waals surface area contributed by atoms with Crippen molar-refractivity contribution in [2.75, 3.05) is 13.1 Å². The van der Waals surface area contributed by atoms with Crippen molar-refractivity contribution in [3.05, 3.63) is 0 Å². The molecule has 1 aliphatic heterocycles. The molecule has 1 heterocycles. The third-order valence-corrected chi connectivity index (χ3v) is 3.51. The molecule has 0 aliphatic carbocycles. The van der Waals surface area contributed by atoms with Crippen molar-refractivity contribution in [2.24, 2.45) is 0 Å². The molecule has 2 amide bonds. The van der Waals surface area contributed by atoms with Crippen LogP contribution < -0.4 is 5.32 Å². The van der Waals surface area contributed by atoms with Crippen LogP contribution in [0, 0.1) is 0 Å². The molecule has 0 aromatic carbocycles. The number of amides is 2. The lowest BCUT2D eigenvalue weighted by Gasteiger charge is -2.34. The van der Waals surface area contributed by atoms with E-state index in [1.54, 1.807) is 12.2 Å². The number of carbonyl (C=O) groups is 2. The van der Waals surface area contributed by atoms with Gasteiger partial charge < -0.3 is 15.3 Å². The minimum absolute atomic E-state index is 0.0895. The Balaban J connectivity index is 2.75. The number of urea groups is 1. The van der Waals surface area contributed by atoms with Crippen LogP contribution >= 0.6 is 0 Å². The first-order chi connectivity index (χ1) is 9.17. The Kier molecular flexibility index (Phi) is 4.82. The molecule has 20 heavy (non-hydrogen) atoms. The number of nitrogens with zero attached hydrogens (tertiary/aromatic N) is 1. The van der Waals surface area contributed by atoms with Crippen molar-refractivity contribution < 1.29 is 32.3 Å². The topological polar surface area (TPSA) is 69.6 Å². The maximum absolute atomic E-state index is 12.7. The molecule has 0 aromatic heterocycles. The lowest BCUT2D eigenvalue weighted by atomic mass is 9.93. The highest BCUT2D eigenvalue weighted by Crippen LogP contribution is 2.33. The van der Waals surface area contributed by atoms with E-state index in [9.17, 15) is 32.3 Å². The fourth-order valence-corrected chi connectivity index (χ4v) is 2.28. The van der Waals surface area contributed by atoms with Gasteiger partial charge in [0.2, 0.25) is 0 Å². The number of halogens is 4. The monoisotopic (exact) mass is 300 g/mol. The Morgan fingerprint density at radius 3 is 2.50 bits per heavy atom. The van der Waals surface area contributed by atoms with E-state index in [0.29, 0.717) is 6.42 Å². The van der Waals surface area contributed by atoms with Crippen LogP contribution in [0.3, 0.4) is 0 Å². The lowest BCUT2D eigenvalue weighted by Crippen LogP contribution is -2.57. The molecule has 1 unspecified atom stereocenters. The van der Waals surface area contributed by atoms with E-state index >= 15 is 0 Å². The zero-order valence-electron chi connectivity index (χ0n) is 10.8. The molecule has 5 nitrogen and oxygen atoms in total.